The Morgan fingerprint density at radius 2 is 2.05 bits per heavy atom. The first kappa shape index (κ1) is 14.9. The smallest absolute Gasteiger partial charge is 0.0906 e. The molecule has 3 rings (SSSR count). The van der Waals surface area contributed by atoms with Gasteiger partial charge in [-0.1, -0.05) is 31.9 Å². The highest BCUT2D eigenvalue weighted by molar-refractivity contribution is 6.09. The van der Waals surface area contributed by atoms with Gasteiger partial charge in [0.15, 0.2) is 0 Å². The summed E-state index contributed by atoms with van der Waals surface area (Å²) in [7, 11) is 0. The van der Waals surface area contributed by atoms with Crippen molar-refractivity contribution < 1.29 is 0 Å². The van der Waals surface area contributed by atoms with E-state index < -0.39 is 0 Å². The number of hydrazone groups is 1. The first-order chi connectivity index (χ1) is 10.7. The highest BCUT2D eigenvalue weighted by Crippen LogP contribution is 2.25. The van der Waals surface area contributed by atoms with Crippen LogP contribution in [0.4, 0.5) is 5.69 Å². The molecule has 1 aliphatic heterocycles. The minimum absolute atomic E-state index is 0.825. The van der Waals surface area contributed by atoms with Gasteiger partial charge in [-0.3, -0.25) is 5.43 Å². The number of hydrogen-bond donors (Lipinski definition) is 2. The fraction of sp³-hybridized carbons (Fsp3) is 0.421. The van der Waals surface area contributed by atoms with Gasteiger partial charge in [-0.25, -0.2) is 0 Å². The second-order valence-electron chi connectivity index (χ2n) is 6.38. The summed E-state index contributed by atoms with van der Waals surface area (Å²) in [5.41, 5.74) is 8.35. The first-order valence-electron chi connectivity index (χ1n) is 8.28. The van der Waals surface area contributed by atoms with Crippen molar-refractivity contribution in [1.82, 2.24) is 5.43 Å². The van der Waals surface area contributed by atoms with E-state index in [1.165, 1.54) is 43.4 Å². The maximum atomic E-state index is 4.33. The van der Waals surface area contributed by atoms with Crippen LogP contribution < -0.4 is 10.7 Å². The number of nitrogens with zero attached hydrogens (tertiary/aromatic N) is 1. The molecular weight excluding hydrogens is 270 g/mol. The standard InChI is InChI=1S/C19H25N3/c1-14-12-17(19-10-8-15(2)21-22-19)9-11-18(14)20-13-16-6-4-3-5-7-16/h8-12,16,20-21H,2-7,13H2,1H3. The van der Waals surface area contributed by atoms with Gasteiger partial charge in [-0.2, -0.15) is 5.10 Å². The van der Waals surface area contributed by atoms with E-state index in [4.69, 9.17) is 0 Å². The Kier molecular flexibility index (Phi) is 4.62. The van der Waals surface area contributed by atoms with Crippen LogP contribution in [0.2, 0.25) is 0 Å². The van der Waals surface area contributed by atoms with Gasteiger partial charge in [-0.05, 0) is 55.5 Å². The predicted octanol–water partition coefficient (Wildman–Crippen LogP) is 4.36. The van der Waals surface area contributed by atoms with Crippen molar-refractivity contribution in [3.8, 4) is 0 Å². The molecule has 0 bridgehead atoms. The lowest BCUT2D eigenvalue weighted by molar-refractivity contribution is 0.373. The Labute approximate surface area is 133 Å². The summed E-state index contributed by atoms with van der Waals surface area (Å²) in [5.74, 6) is 0.841. The number of nitrogens with one attached hydrogen (secondary N) is 2. The van der Waals surface area contributed by atoms with Crippen LogP contribution in [0.15, 0.2) is 47.7 Å². The van der Waals surface area contributed by atoms with Crippen molar-refractivity contribution in [2.24, 2.45) is 11.0 Å². The van der Waals surface area contributed by atoms with Gasteiger partial charge in [-0.15, -0.1) is 0 Å². The minimum Gasteiger partial charge on any atom is -0.385 e. The monoisotopic (exact) mass is 295 g/mol. The lowest BCUT2D eigenvalue weighted by Gasteiger charge is -2.23. The van der Waals surface area contributed by atoms with E-state index in [0.717, 1.165) is 29.4 Å². The van der Waals surface area contributed by atoms with E-state index in [9.17, 15) is 0 Å². The van der Waals surface area contributed by atoms with Crippen LogP contribution in [0.25, 0.3) is 0 Å². The second kappa shape index (κ2) is 6.82. The number of rotatable bonds is 4. The zero-order valence-electron chi connectivity index (χ0n) is 13.4. The molecule has 1 heterocycles. The van der Waals surface area contributed by atoms with Gasteiger partial charge in [0, 0.05) is 23.5 Å². The topological polar surface area (TPSA) is 36.4 Å². The molecule has 0 aromatic heterocycles. The van der Waals surface area contributed by atoms with Gasteiger partial charge < -0.3 is 5.32 Å². The van der Waals surface area contributed by atoms with Crippen LogP contribution in [0.1, 0.15) is 43.2 Å². The molecule has 2 aliphatic rings. The summed E-state index contributed by atoms with van der Waals surface area (Å²) < 4.78 is 0. The quantitative estimate of drug-likeness (QED) is 0.865. The molecule has 3 heteroatoms. The molecule has 0 saturated heterocycles. The number of aryl methyl sites for hydroxylation is 1. The van der Waals surface area contributed by atoms with Crippen molar-refractivity contribution in [2.75, 3.05) is 11.9 Å². The van der Waals surface area contributed by atoms with Crippen molar-refractivity contribution in [1.29, 1.82) is 0 Å². The molecule has 1 aliphatic carbocycles. The van der Waals surface area contributed by atoms with Crippen molar-refractivity contribution in [3.05, 3.63) is 53.8 Å². The van der Waals surface area contributed by atoms with Crippen molar-refractivity contribution in [3.63, 3.8) is 0 Å². The molecule has 0 atom stereocenters. The molecule has 0 unspecified atom stereocenters. The molecule has 0 spiro atoms. The molecule has 0 radical (unpaired) electrons. The average Bonchev–Trinajstić information content (AvgIpc) is 2.55. The Morgan fingerprint density at radius 3 is 2.73 bits per heavy atom. The van der Waals surface area contributed by atoms with Crippen LogP contribution >= 0.6 is 0 Å². The minimum atomic E-state index is 0.825. The zero-order valence-corrected chi connectivity index (χ0v) is 13.4. The summed E-state index contributed by atoms with van der Waals surface area (Å²) in [5, 5.41) is 7.96. The Hall–Kier alpha value is -2.03. The fourth-order valence-electron chi connectivity index (χ4n) is 3.21. The third-order valence-electron chi connectivity index (χ3n) is 4.59. The van der Waals surface area contributed by atoms with E-state index in [-0.39, 0.29) is 0 Å². The second-order valence-corrected chi connectivity index (χ2v) is 6.38. The predicted molar refractivity (Wildman–Crippen MR) is 94.2 cm³/mol. The molecule has 1 fully saturated rings. The molecule has 116 valence electrons. The van der Waals surface area contributed by atoms with Crippen molar-refractivity contribution in [2.45, 2.75) is 39.0 Å². The van der Waals surface area contributed by atoms with E-state index in [2.05, 4.69) is 47.5 Å². The maximum Gasteiger partial charge on any atom is 0.0906 e. The maximum absolute atomic E-state index is 4.33. The van der Waals surface area contributed by atoms with Crippen LogP contribution in [0, 0.1) is 12.8 Å². The fourth-order valence-corrected chi connectivity index (χ4v) is 3.21. The zero-order chi connectivity index (χ0) is 15.4. The SMILES string of the molecule is C=C1C=CC(c2ccc(NCC3CCCCC3)c(C)c2)=NN1. The molecular formula is C19H25N3. The lowest BCUT2D eigenvalue weighted by Crippen LogP contribution is -2.17. The van der Waals surface area contributed by atoms with Gasteiger partial charge in [0.2, 0.25) is 0 Å². The van der Waals surface area contributed by atoms with E-state index in [1.54, 1.807) is 0 Å². The molecule has 22 heavy (non-hydrogen) atoms. The normalized spacial score (nSPS) is 18.8. The third-order valence-corrected chi connectivity index (χ3v) is 4.59. The summed E-state index contributed by atoms with van der Waals surface area (Å²) in [6, 6.07) is 6.50. The summed E-state index contributed by atoms with van der Waals surface area (Å²) in [4.78, 5) is 0. The summed E-state index contributed by atoms with van der Waals surface area (Å²) >= 11 is 0. The highest BCUT2D eigenvalue weighted by Gasteiger charge is 2.13. The molecule has 3 nitrogen and oxygen atoms in total. The number of allylic oxidation sites excluding steroid dienone is 2. The number of hydrogen-bond acceptors (Lipinski definition) is 3. The molecule has 1 aromatic carbocycles. The van der Waals surface area contributed by atoms with E-state index in [1.807, 2.05) is 12.2 Å². The molecule has 1 aromatic rings. The average molecular weight is 295 g/mol. The van der Waals surface area contributed by atoms with Gasteiger partial charge >= 0.3 is 0 Å². The van der Waals surface area contributed by atoms with Crippen LogP contribution in [0.3, 0.4) is 0 Å². The first-order valence-corrected chi connectivity index (χ1v) is 8.28. The van der Waals surface area contributed by atoms with Gasteiger partial charge in [0.05, 0.1) is 5.71 Å². The van der Waals surface area contributed by atoms with Gasteiger partial charge in [0.25, 0.3) is 0 Å². The number of benzene rings is 1. The molecule has 0 amide bonds. The largest absolute Gasteiger partial charge is 0.385 e. The molecule has 2 N–H and O–H groups in total. The Balaban J connectivity index is 1.64. The van der Waals surface area contributed by atoms with Crippen LogP contribution in [-0.4, -0.2) is 12.3 Å². The highest BCUT2D eigenvalue weighted by atomic mass is 15.3. The van der Waals surface area contributed by atoms with E-state index in [0.29, 0.717) is 0 Å². The molecule has 1 saturated carbocycles. The van der Waals surface area contributed by atoms with E-state index >= 15 is 0 Å². The summed E-state index contributed by atoms with van der Waals surface area (Å²) in [6.07, 6.45) is 10.9. The van der Waals surface area contributed by atoms with Gasteiger partial charge in [0.1, 0.15) is 0 Å². The third kappa shape index (κ3) is 3.59. The number of anilines is 1. The van der Waals surface area contributed by atoms with Crippen molar-refractivity contribution >= 4 is 11.4 Å². The Morgan fingerprint density at radius 1 is 1.23 bits per heavy atom. The Bertz CT molecular complexity index is 607. The summed E-state index contributed by atoms with van der Waals surface area (Å²) in [6.45, 7) is 7.09. The van der Waals surface area contributed by atoms with Crippen LogP contribution in [-0.2, 0) is 0 Å². The lowest BCUT2D eigenvalue weighted by atomic mass is 9.89. The van der Waals surface area contributed by atoms with Crippen LogP contribution in [0.5, 0.6) is 0 Å².